The van der Waals surface area contributed by atoms with Crippen LogP contribution in [-0.4, -0.2) is 6.54 Å². The molecule has 2 aromatic carbocycles. The van der Waals surface area contributed by atoms with Crippen molar-refractivity contribution in [3.8, 4) is 11.1 Å². The van der Waals surface area contributed by atoms with Crippen LogP contribution in [0.5, 0.6) is 0 Å². The fourth-order valence-corrected chi connectivity index (χ4v) is 2.10. The van der Waals surface area contributed by atoms with Gasteiger partial charge < -0.3 is 5.32 Å². The van der Waals surface area contributed by atoms with Gasteiger partial charge in [-0.25, -0.2) is 13.2 Å². The third-order valence-corrected chi connectivity index (χ3v) is 3.29. The summed E-state index contributed by atoms with van der Waals surface area (Å²) in [7, 11) is 0. The zero-order chi connectivity index (χ0) is 14.7. The van der Waals surface area contributed by atoms with E-state index in [1.807, 2.05) is 6.92 Å². The third kappa shape index (κ3) is 3.14. The van der Waals surface area contributed by atoms with Crippen LogP contribution in [0.15, 0.2) is 30.3 Å². The van der Waals surface area contributed by atoms with E-state index in [1.54, 1.807) is 18.2 Å². The molecule has 0 saturated heterocycles. The van der Waals surface area contributed by atoms with Crippen LogP contribution in [0.2, 0.25) is 5.02 Å². The zero-order valence-electron chi connectivity index (χ0n) is 10.8. The van der Waals surface area contributed by atoms with E-state index in [0.29, 0.717) is 17.1 Å². The summed E-state index contributed by atoms with van der Waals surface area (Å²) in [5, 5.41) is 3.63. The quantitative estimate of drug-likeness (QED) is 0.818. The molecule has 2 rings (SSSR count). The fraction of sp³-hybridized carbons (Fsp3) is 0.200. The smallest absolute Gasteiger partial charge is 0.194 e. The van der Waals surface area contributed by atoms with Crippen LogP contribution >= 0.6 is 11.6 Å². The summed E-state index contributed by atoms with van der Waals surface area (Å²) in [5.41, 5.74) is 1.67. The summed E-state index contributed by atoms with van der Waals surface area (Å²) in [5.74, 6) is -3.90. The molecule has 0 radical (unpaired) electrons. The van der Waals surface area contributed by atoms with E-state index in [9.17, 15) is 13.2 Å². The molecule has 0 saturated carbocycles. The Morgan fingerprint density at radius 1 is 1.00 bits per heavy atom. The van der Waals surface area contributed by atoms with E-state index in [1.165, 1.54) is 0 Å². The Hall–Kier alpha value is -1.52. The van der Waals surface area contributed by atoms with Crippen LogP contribution < -0.4 is 5.32 Å². The van der Waals surface area contributed by atoms with Crippen LogP contribution in [0.25, 0.3) is 11.1 Å². The SMILES string of the molecule is CCNCc1ccc(-c2cc(F)c(F)c(F)c2)cc1Cl. The van der Waals surface area contributed by atoms with Crippen LogP contribution in [0.1, 0.15) is 12.5 Å². The second-order valence-corrected chi connectivity index (χ2v) is 4.75. The van der Waals surface area contributed by atoms with Gasteiger partial charge in [-0.05, 0) is 41.4 Å². The second-order valence-electron chi connectivity index (χ2n) is 4.34. The summed E-state index contributed by atoms with van der Waals surface area (Å²) >= 11 is 6.12. The molecule has 106 valence electrons. The van der Waals surface area contributed by atoms with Crippen molar-refractivity contribution >= 4 is 11.6 Å². The Labute approximate surface area is 120 Å². The lowest BCUT2D eigenvalue weighted by Gasteiger charge is -2.08. The number of benzene rings is 2. The van der Waals surface area contributed by atoms with Crippen molar-refractivity contribution in [2.24, 2.45) is 0 Å². The maximum absolute atomic E-state index is 13.2. The molecule has 0 amide bonds. The van der Waals surface area contributed by atoms with Gasteiger partial charge in [0.2, 0.25) is 0 Å². The first kappa shape index (κ1) is 14.9. The third-order valence-electron chi connectivity index (χ3n) is 2.94. The van der Waals surface area contributed by atoms with Crippen LogP contribution in [0.4, 0.5) is 13.2 Å². The highest BCUT2D eigenvalue weighted by atomic mass is 35.5. The van der Waals surface area contributed by atoms with Crippen molar-refractivity contribution in [3.63, 3.8) is 0 Å². The molecule has 0 unspecified atom stereocenters. The van der Waals surface area contributed by atoms with Gasteiger partial charge >= 0.3 is 0 Å². The van der Waals surface area contributed by atoms with Gasteiger partial charge in [0.15, 0.2) is 17.5 Å². The molecule has 0 aromatic heterocycles. The average Bonchev–Trinajstić information content (AvgIpc) is 2.43. The number of hydrogen-bond donors (Lipinski definition) is 1. The molecule has 0 aliphatic rings. The molecule has 0 aliphatic carbocycles. The molecule has 0 fully saturated rings. The van der Waals surface area contributed by atoms with Gasteiger partial charge in [-0.15, -0.1) is 0 Å². The van der Waals surface area contributed by atoms with Crippen molar-refractivity contribution in [1.29, 1.82) is 0 Å². The molecule has 0 spiro atoms. The average molecular weight is 300 g/mol. The Kier molecular flexibility index (Phi) is 4.68. The van der Waals surface area contributed by atoms with E-state index in [0.717, 1.165) is 24.2 Å². The van der Waals surface area contributed by atoms with Gasteiger partial charge in [-0.1, -0.05) is 30.7 Å². The highest BCUT2D eigenvalue weighted by molar-refractivity contribution is 6.31. The Morgan fingerprint density at radius 2 is 1.65 bits per heavy atom. The molecule has 1 N–H and O–H groups in total. The molecule has 5 heteroatoms. The second kappa shape index (κ2) is 6.29. The standard InChI is InChI=1S/C15H13ClF3N/c1-2-20-8-10-4-3-9(5-12(10)16)11-6-13(17)15(19)14(18)7-11/h3-7,20H,2,8H2,1H3. The van der Waals surface area contributed by atoms with Gasteiger partial charge in [0, 0.05) is 11.6 Å². The highest BCUT2D eigenvalue weighted by Gasteiger charge is 2.12. The van der Waals surface area contributed by atoms with E-state index < -0.39 is 17.5 Å². The van der Waals surface area contributed by atoms with E-state index >= 15 is 0 Å². The molecule has 0 heterocycles. The first-order chi connectivity index (χ1) is 9.52. The normalized spacial score (nSPS) is 10.8. The van der Waals surface area contributed by atoms with E-state index in [-0.39, 0.29) is 5.56 Å². The maximum Gasteiger partial charge on any atom is 0.194 e. The van der Waals surface area contributed by atoms with E-state index in [4.69, 9.17) is 11.6 Å². The lowest BCUT2D eigenvalue weighted by Crippen LogP contribution is -2.11. The summed E-state index contributed by atoms with van der Waals surface area (Å²) in [6, 6.07) is 6.99. The molecule has 1 nitrogen and oxygen atoms in total. The molecule has 20 heavy (non-hydrogen) atoms. The fourth-order valence-electron chi connectivity index (χ4n) is 1.85. The Bertz CT molecular complexity index is 606. The van der Waals surface area contributed by atoms with Crippen LogP contribution in [-0.2, 0) is 6.54 Å². The predicted octanol–water partition coefficient (Wildman–Crippen LogP) is 4.53. The molecular weight excluding hydrogens is 287 g/mol. The highest BCUT2D eigenvalue weighted by Crippen LogP contribution is 2.28. The lowest BCUT2D eigenvalue weighted by molar-refractivity contribution is 0.448. The predicted molar refractivity (Wildman–Crippen MR) is 74.1 cm³/mol. The van der Waals surface area contributed by atoms with Crippen LogP contribution in [0, 0.1) is 17.5 Å². The maximum atomic E-state index is 13.2. The van der Waals surface area contributed by atoms with Gasteiger partial charge in [-0.2, -0.15) is 0 Å². The van der Waals surface area contributed by atoms with Crippen LogP contribution in [0.3, 0.4) is 0 Å². The zero-order valence-corrected chi connectivity index (χ0v) is 11.6. The van der Waals surface area contributed by atoms with Gasteiger partial charge in [0.25, 0.3) is 0 Å². The van der Waals surface area contributed by atoms with Crippen molar-refractivity contribution in [2.45, 2.75) is 13.5 Å². The number of hydrogen-bond acceptors (Lipinski definition) is 1. The van der Waals surface area contributed by atoms with Crippen molar-refractivity contribution in [1.82, 2.24) is 5.32 Å². The minimum absolute atomic E-state index is 0.248. The number of halogens is 4. The molecule has 2 aromatic rings. The first-order valence-electron chi connectivity index (χ1n) is 6.17. The van der Waals surface area contributed by atoms with Crippen molar-refractivity contribution in [3.05, 3.63) is 58.4 Å². The molecule has 0 atom stereocenters. The largest absolute Gasteiger partial charge is 0.313 e. The van der Waals surface area contributed by atoms with Gasteiger partial charge in [0.05, 0.1) is 0 Å². The van der Waals surface area contributed by atoms with E-state index in [2.05, 4.69) is 5.32 Å². The van der Waals surface area contributed by atoms with Gasteiger partial charge in [0.1, 0.15) is 0 Å². The minimum Gasteiger partial charge on any atom is -0.313 e. The Balaban J connectivity index is 2.36. The number of rotatable bonds is 4. The lowest BCUT2D eigenvalue weighted by atomic mass is 10.0. The summed E-state index contributed by atoms with van der Waals surface area (Å²) < 4.78 is 39.4. The summed E-state index contributed by atoms with van der Waals surface area (Å²) in [4.78, 5) is 0. The molecule has 0 aliphatic heterocycles. The van der Waals surface area contributed by atoms with Crippen molar-refractivity contribution in [2.75, 3.05) is 6.54 Å². The minimum atomic E-state index is -1.47. The topological polar surface area (TPSA) is 12.0 Å². The monoisotopic (exact) mass is 299 g/mol. The number of nitrogens with one attached hydrogen (secondary N) is 1. The summed E-state index contributed by atoms with van der Waals surface area (Å²) in [6.07, 6.45) is 0. The Morgan fingerprint density at radius 3 is 2.20 bits per heavy atom. The molecule has 0 bridgehead atoms. The van der Waals surface area contributed by atoms with Gasteiger partial charge in [-0.3, -0.25) is 0 Å². The first-order valence-corrected chi connectivity index (χ1v) is 6.54. The molecular formula is C15H13ClF3N. The summed E-state index contributed by atoms with van der Waals surface area (Å²) in [6.45, 7) is 3.40. The van der Waals surface area contributed by atoms with Crippen molar-refractivity contribution < 1.29 is 13.2 Å².